The molecule has 2 N–H and O–H groups in total. The summed E-state index contributed by atoms with van der Waals surface area (Å²) in [4.78, 5) is 37.8. The van der Waals surface area contributed by atoms with Crippen LogP contribution in [0.25, 0.3) is 0 Å². The van der Waals surface area contributed by atoms with Crippen molar-refractivity contribution in [1.82, 2.24) is 10.2 Å². The van der Waals surface area contributed by atoms with E-state index in [1.165, 1.54) is 4.90 Å². The smallest absolute Gasteiger partial charge is 0.312 e. The average Bonchev–Trinajstić information content (AvgIpc) is 2.95. The van der Waals surface area contributed by atoms with E-state index in [2.05, 4.69) is 10.6 Å². The molecular formula is C17H20ClF2N3O3. The quantitative estimate of drug-likeness (QED) is 0.617. The molecule has 0 spiro atoms. The summed E-state index contributed by atoms with van der Waals surface area (Å²) in [5, 5.41) is 4.18. The van der Waals surface area contributed by atoms with Crippen molar-refractivity contribution in [3.05, 3.63) is 28.8 Å². The topological polar surface area (TPSA) is 78.5 Å². The minimum atomic E-state index is -1.06. The van der Waals surface area contributed by atoms with Crippen LogP contribution >= 0.6 is 11.6 Å². The highest BCUT2D eigenvalue weighted by atomic mass is 35.5. The van der Waals surface area contributed by atoms with E-state index in [4.69, 9.17) is 11.6 Å². The lowest BCUT2D eigenvalue weighted by Crippen LogP contribution is -2.47. The first-order valence-corrected chi connectivity index (χ1v) is 8.57. The number of anilines is 1. The van der Waals surface area contributed by atoms with E-state index in [0.717, 1.165) is 12.1 Å². The maximum atomic E-state index is 13.9. The van der Waals surface area contributed by atoms with Crippen molar-refractivity contribution in [1.29, 1.82) is 0 Å². The standard InChI is InChI=1S/C17H20ClF2N3O3/c1-8(2)21-16(25)17(26)23-7-6-10(9(23)3)15(24)22-12-5-4-11(19)13(18)14(12)20/h4-5,8-10H,6-7H2,1-3H3,(H,21,25)(H,22,24)/t9-,10?/m0/s1. The van der Waals surface area contributed by atoms with Gasteiger partial charge in [0.2, 0.25) is 5.91 Å². The van der Waals surface area contributed by atoms with Gasteiger partial charge >= 0.3 is 11.8 Å². The summed E-state index contributed by atoms with van der Waals surface area (Å²) < 4.78 is 27.1. The number of amides is 3. The molecular weight excluding hydrogens is 368 g/mol. The number of hydrogen-bond donors (Lipinski definition) is 2. The van der Waals surface area contributed by atoms with Gasteiger partial charge in [0.15, 0.2) is 5.82 Å². The fraction of sp³-hybridized carbons (Fsp3) is 0.471. The highest BCUT2D eigenvalue weighted by Crippen LogP contribution is 2.29. The second-order valence-corrected chi connectivity index (χ2v) is 6.85. The Morgan fingerprint density at radius 3 is 2.54 bits per heavy atom. The largest absolute Gasteiger partial charge is 0.346 e. The lowest BCUT2D eigenvalue weighted by molar-refractivity contribution is -0.146. The van der Waals surface area contributed by atoms with Gasteiger partial charge in [-0.25, -0.2) is 8.78 Å². The second-order valence-electron chi connectivity index (χ2n) is 6.47. The maximum Gasteiger partial charge on any atom is 0.312 e. The van der Waals surface area contributed by atoms with Crippen LogP contribution < -0.4 is 10.6 Å². The summed E-state index contributed by atoms with van der Waals surface area (Å²) >= 11 is 5.50. The number of benzene rings is 1. The molecule has 0 aliphatic carbocycles. The van der Waals surface area contributed by atoms with Gasteiger partial charge in [-0.3, -0.25) is 14.4 Å². The van der Waals surface area contributed by atoms with E-state index in [1.807, 2.05) is 0 Å². The second kappa shape index (κ2) is 7.99. The highest BCUT2D eigenvalue weighted by Gasteiger charge is 2.40. The van der Waals surface area contributed by atoms with Gasteiger partial charge in [-0.1, -0.05) is 11.6 Å². The van der Waals surface area contributed by atoms with Crippen molar-refractivity contribution in [3.63, 3.8) is 0 Å². The van der Waals surface area contributed by atoms with Gasteiger partial charge in [-0.2, -0.15) is 0 Å². The molecule has 9 heteroatoms. The van der Waals surface area contributed by atoms with Crippen molar-refractivity contribution in [3.8, 4) is 0 Å². The molecule has 26 heavy (non-hydrogen) atoms. The summed E-state index contributed by atoms with van der Waals surface area (Å²) in [6, 6.07) is 1.30. The molecule has 3 amide bonds. The summed E-state index contributed by atoms with van der Waals surface area (Å²) in [5.74, 6) is -4.59. The Labute approximate surface area is 154 Å². The van der Waals surface area contributed by atoms with E-state index in [-0.39, 0.29) is 18.3 Å². The number of nitrogens with zero attached hydrogens (tertiary/aromatic N) is 1. The van der Waals surface area contributed by atoms with Crippen LogP contribution in [0.1, 0.15) is 27.2 Å². The van der Waals surface area contributed by atoms with Crippen LogP contribution in [0.5, 0.6) is 0 Å². The van der Waals surface area contributed by atoms with Gasteiger partial charge in [0, 0.05) is 18.6 Å². The Morgan fingerprint density at radius 2 is 1.92 bits per heavy atom. The number of rotatable bonds is 3. The number of likely N-dealkylation sites (tertiary alicyclic amines) is 1. The van der Waals surface area contributed by atoms with Gasteiger partial charge in [0.1, 0.15) is 10.8 Å². The third-order valence-electron chi connectivity index (χ3n) is 4.26. The van der Waals surface area contributed by atoms with Crippen molar-refractivity contribution in [2.75, 3.05) is 11.9 Å². The minimum absolute atomic E-state index is 0.186. The summed E-state index contributed by atoms with van der Waals surface area (Å²) in [6.45, 7) is 5.34. The molecule has 1 aliphatic heterocycles. The summed E-state index contributed by atoms with van der Waals surface area (Å²) in [7, 11) is 0. The highest BCUT2D eigenvalue weighted by molar-refractivity contribution is 6.35. The van der Waals surface area contributed by atoms with Gasteiger partial charge in [-0.15, -0.1) is 0 Å². The molecule has 0 aromatic heterocycles. The molecule has 1 heterocycles. The van der Waals surface area contributed by atoms with Crippen LogP contribution in [0.3, 0.4) is 0 Å². The Balaban J connectivity index is 2.07. The van der Waals surface area contributed by atoms with Gasteiger partial charge in [0.05, 0.1) is 11.6 Å². The molecule has 2 rings (SSSR count). The summed E-state index contributed by atoms with van der Waals surface area (Å²) in [5.41, 5.74) is -0.240. The first-order valence-electron chi connectivity index (χ1n) is 8.19. The summed E-state index contributed by atoms with van der Waals surface area (Å²) in [6.07, 6.45) is 0.324. The number of carbonyl (C=O) groups is 3. The van der Waals surface area contributed by atoms with Crippen molar-refractivity contribution in [2.24, 2.45) is 5.92 Å². The molecule has 0 radical (unpaired) electrons. The lowest BCUT2D eigenvalue weighted by atomic mass is 10.0. The van der Waals surface area contributed by atoms with Crippen LogP contribution in [0, 0.1) is 17.6 Å². The number of halogens is 3. The molecule has 1 aliphatic rings. The van der Waals surface area contributed by atoms with Crippen LogP contribution in [-0.2, 0) is 14.4 Å². The van der Waals surface area contributed by atoms with Crippen LogP contribution in [-0.4, -0.2) is 41.2 Å². The Kier molecular flexibility index (Phi) is 6.17. The first-order chi connectivity index (χ1) is 12.1. The van der Waals surface area contributed by atoms with E-state index >= 15 is 0 Å². The molecule has 0 saturated carbocycles. The Morgan fingerprint density at radius 1 is 1.27 bits per heavy atom. The van der Waals surface area contributed by atoms with Crippen molar-refractivity contribution < 1.29 is 23.2 Å². The van der Waals surface area contributed by atoms with Crippen molar-refractivity contribution >= 4 is 35.0 Å². The molecule has 142 valence electrons. The Bertz CT molecular complexity index is 742. The van der Waals surface area contributed by atoms with Gasteiger partial charge in [-0.05, 0) is 39.3 Å². The predicted molar refractivity (Wildman–Crippen MR) is 92.6 cm³/mol. The molecule has 1 aromatic rings. The first kappa shape index (κ1) is 20.1. The fourth-order valence-corrected chi connectivity index (χ4v) is 3.04. The van der Waals surface area contributed by atoms with E-state index in [0.29, 0.717) is 6.42 Å². The number of nitrogens with one attached hydrogen (secondary N) is 2. The lowest BCUT2D eigenvalue weighted by Gasteiger charge is -2.24. The number of hydrogen-bond acceptors (Lipinski definition) is 3. The van der Waals surface area contributed by atoms with Gasteiger partial charge < -0.3 is 15.5 Å². The molecule has 1 unspecified atom stereocenters. The zero-order valence-corrected chi connectivity index (χ0v) is 15.4. The van der Waals surface area contributed by atoms with E-state index < -0.39 is 46.3 Å². The monoisotopic (exact) mass is 387 g/mol. The maximum absolute atomic E-state index is 13.9. The average molecular weight is 388 g/mol. The zero-order chi connectivity index (χ0) is 19.6. The molecule has 0 bridgehead atoms. The molecule has 1 aromatic carbocycles. The van der Waals surface area contributed by atoms with E-state index in [9.17, 15) is 23.2 Å². The third-order valence-corrected chi connectivity index (χ3v) is 4.61. The third kappa shape index (κ3) is 4.12. The van der Waals surface area contributed by atoms with Crippen LogP contribution in [0.15, 0.2) is 12.1 Å². The number of carbonyl (C=O) groups excluding carboxylic acids is 3. The SMILES string of the molecule is CC(C)NC(=O)C(=O)N1CCC(C(=O)Nc2ccc(F)c(Cl)c2F)[C@@H]1C. The Hall–Kier alpha value is -2.22. The molecule has 2 atom stereocenters. The molecule has 6 nitrogen and oxygen atoms in total. The van der Waals surface area contributed by atoms with Crippen LogP contribution in [0.2, 0.25) is 5.02 Å². The fourth-order valence-electron chi connectivity index (χ4n) is 2.88. The van der Waals surface area contributed by atoms with Crippen molar-refractivity contribution in [2.45, 2.75) is 39.3 Å². The van der Waals surface area contributed by atoms with Crippen LogP contribution in [0.4, 0.5) is 14.5 Å². The van der Waals surface area contributed by atoms with E-state index in [1.54, 1.807) is 20.8 Å². The molecule has 1 fully saturated rings. The zero-order valence-electron chi connectivity index (χ0n) is 14.6. The molecule has 1 saturated heterocycles. The minimum Gasteiger partial charge on any atom is -0.346 e. The normalized spacial score (nSPS) is 19.6. The predicted octanol–water partition coefficient (Wildman–Crippen LogP) is 2.32. The van der Waals surface area contributed by atoms with Gasteiger partial charge in [0.25, 0.3) is 0 Å².